The van der Waals surface area contributed by atoms with Gasteiger partial charge in [-0.3, -0.25) is 0 Å². The van der Waals surface area contributed by atoms with Gasteiger partial charge in [0.05, 0.1) is 55.2 Å². The maximum atomic E-state index is 2.42. The summed E-state index contributed by atoms with van der Waals surface area (Å²) in [4.78, 5) is 0. The zero-order valence-corrected chi connectivity index (χ0v) is 54.0. The van der Waals surface area contributed by atoms with E-state index in [2.05, 4.69) is 393 Å². The van der Waals surface area contributed by atoms with Crippen LogP contribution < -0.4 is 0 Å². The molecular formula is C94H61N5. The highest BCUT2D eigenvalue weighted by molar-refractivity contribution is 6.16. The summed E-state index contributed by atoms with van der Waals surface area (Å²) in [6.45, 7) is 0. The molecule has 0 fully saturated rings. The SMILES string of the molecule is c1ccc(-c2cccc(-n3c4ccccc4c4cc(-c5ccc6c(c5)c5ccccc5n6-c5ccc6ccccc6c5)ccc43)c2)cc1.c1ccc(-n2c3ccccc3c3cc(-c4cccc(-n5c6ccccc6c6cc(-n7c8ccccc8c8ccccc87)ccc65)c4)ccc32)cc1. The molecule has 0 amide bonds. The highest BCUT2D eigenvalue weighted by Crippen LogP contribution is 2.43. The van der Waals surface area contributed by atoms with Crippen LogP contribution in [0.25, 0.3) is 182 Å². The molecular weight excluding hydrogens is 1200 g/mol. The number of benzene rings is 16. The number of hydrogen-bond acceptors (Lipinski definition) is 0. The first kappa shape index (κ1) is 56.2. The minimum absolute atomic E-state index is 1.15. The van der Waals surface area contributed by atoms with E-state index < -0.39 is 0 Å². The van der Waals surface area contributed by atoms with Crippen molar-refractivity contribution in [2.75, 3.05) is 0 Å². The molecule has 0 saturated carbocycles. The molecule has 0 aliphatic heterocycles. The Morgan fingerprint density at radius 3 is 0.818 bits per heavy atom. The first-order valence-electron chi connectivity index (χ1n) is 34.0. The van der Waals surface area contributed by atoms with Crippen LogP contribution in [-0.4, -0.2) is 22.8 Å². The number of rotatable bonds is 8. The van der Waals surface area contributed by atoms with E-state index in [4.69, 9.17) is 0 Å². The maximum absolute atomic E-state index is 2.42. The summed E-state index contributed by atoms with van der Waals surface area (Å²) in [5.41, 5.74) is 25.2. The van der Waals surface area contributed by atoms with E-state index >= 15 is 0 Å². The van der Waals surface area contributed by atoms with Crippen LogP contribution in [-0.2, 0) is 0 Å². The van der Waals surface area contributed by atoms with Crippen LogP contribution in [0.2, 0.25) is 0 Å². The number of fused-ring (bicyclic) bond motifs is 16. The maximum Gasteiger partial charge on any atom is 0.0542 e. The molecule has 99 heavy (non-hydrogen) atoms. The molecule has 21 rings (SSSR count). The standard InChI is InChI=1S/C48H31N3.C46H30N2/c1-2-14-34(15-3-1)49-45-23-10-6-19-39(45)41-30-33(25-27-47(41)49)32-13-12-16-35(29-32)50-46-24-11-7-20-40(46)42-31-36(26-28-48(42)50)51-43-21-8-4-17-37(43)38-18-5-9-22-44(38)51;1-2-11-31(12-3-1)34-15-10-16-37(27-34)47-43-19-8-6-17-39(43)41-29-35(22-25-45(41)47)36-23-26-46-42(30-36)40-18-7-9-20-44(40)48(46)38-24-21-32-13-4-5-14-33(32)28-38/h1-31H;1-30H. The molecule has 0 bridgehead atoms. The minimum Gasteiger partial charge on any atom is -0.309 e. The van der Waals surface area contributed by atoms with Crippen LogP contribution in [0.5, 0.6) is 0 Å². The lowest BCUT2D eigenvalue weighted by atomic mass is 10.0. The molecule has 5 heteroatoms. The highest BCUT2D eigenvalue weighted by Gasteiger charge is 2.21. The van der Waals surface area contributed by atoms with Crippen LogP contribution in [0, 0.1) is 0 Å². The summed E-state index contributed by atoms with van der Waals surface area (Å²) in [6, 6.07) is 135. The lowest BCUT2D eigenvalue weighted by molar-refractivity contribution is 1.17. The molecule has 462 valence electrons. The van der Waals surface area contributed by atoms with E-state index in [-0.39, 0.29) is 0 Å². The van der Waals surface area contributed by atoms with Crippen molar-refractivity contribution in [3.8, 4) is 61.8 Å². The summed E-state index contributed by atoms with van der Waals surface area (Å²) >= 11 is 0. The summed E-state index contributed by atoms with van der Waals surface area (Å²) in [7, 11) is 0. The second-order valence-corrected chi connectivity index (χ2v) is 26.0. The quantitative estimate of drug-likeness (QED) is 0.145. The smallest absolute Gasteiger partial charge is 0.0542 e. The van der Waals surface area contributed by atoms with E-state index in [0.717, 1.165) is 5.69 Å². The highest BCUT2D eigenvalue weighted by atomic mass is 15.0. The van der Waals surface area contributed by atoms with Crippen molar-refractivity contribution in [1.29, 1.82) is 0 Å². The van der Waals surface area contributed by atoms with Crippen molar-refractivity contribution in [1.82, 2.24) is 22.8 Å². The fourth-order valence-corrected chi connectivity index (χ4v) is 16.0. The molecule has 0 unspecified atom stereocenters. The topological polar surface area (TPSA) is 24.6 Å². The minimum atomic E-state index is 1.15. The Labute approximate surface area is 571 Å². The zero-order valence-electron chi connectivity index (χ0n) is 54.0. The first-order chi connectivity index (χ1) is 49.1. The molecule has 16 aromatic carbocycles. The zero-order chi connectivity index (χ0) is 65.1. The molecule has 21 aromatic rings. The van der Waals surface area contributed by atoms with Crippen LogP contribution in [0.3, 0.4) is 0 Å². The van der Waals surface area contributed by atoms with Gasteiger partial charge in [-0.1, -0.05) is 231 Å². The van der Waals surface area contributed by atoms with Gasteiger partial charge in [0.1, 0.15) is 0 Å². The van der Waals surface area contributed by atoms with Crippen LogP contribution in [0.1, 0.15) is 0 Å². The summed E-state index contributed by atoms with van der Waals surface area (Å²) in [6.07, 6.45) is 0. The number of nitrogens with zero attached hydrogens (tertiary/aromatic N) is 5. The fraction of sp³-hybridized carbons (Fsp3) is 0. The first-order valence-corrected chi connectivity index (χ1v) is 34.0. The van der Waals surface area contributed by atoms with Gasteiger partial charge in [0.15, 0.2) is 0 Å². The lowest BCUT2D eigenvalue weighted by Crippen LogP contribution is -1.96. The Kier molecular flexibility index (Phi) is 12.9. The molecule has 0 N–H and O–H groups in total. The monoisotopic (exact) mass is 1260 g/mol. The molecule has 0 atom stereocenters. The van der Waals surface area contributed by atoms with Gasteiger partial charge in [-0.15, -0.1) is 0 Å². The van der Waals surface area contributed by atoms with Crippen LogP contribution >= 0.6 is 0 Å². The Hall–Kier alpha value is -13.2. The molecule has 0 spiro atoms. The Morgan fingerprint density at radius 2 is 0.384 bits per heavy atom. The van der Waals surface area contributed by atoms with Crippen LogP contribution in [0.4, 0.5) is 0 Å². The van der Waals surface area contributed by atoms with Crippen molar-refractivity contribution in [2.24, 2.45) is 0 Å². The van der Waals surface area contributed by atoms with Crippen molar-refractivity contribution in [3.63, 3.8) is 0 Å². The average molecular weight is 1260 g/mol. The number of aromatic nitrogens is 5. The van der Waals surface area contributed by atoms with Gasteiger partial charge in [-0.05, 0) is 184 Å². The van der Waals surface area contributed by atoms with Crippen molar-refractivity contribution in [2.45, 2.75) is 0 Å². The van der Waals surface area contributed by atoms with Crippen molar-refractivity contribution < 1.29 is 0 Å². The van der Waals surface area contributed by atoms with Gasteiger partial charge >= 0.3 is 0 Å². The van der Waals surface area contributed by atoms with Crippen molar-refractivity contribution >= 4 is 120 Å². The molecule has 0 aliphatic carbocycles. The van der Waals surface area contributed by atoms with E-state index in [0.29, 0.717) is 0 Å². The van der Waals surface area contributed by atoms with Gasteiger partial charge in [-0.2, -0.15) is 0 Å². The predicted molar refractivity (Wildman–Crippen MR) is 418 cm³/mol. The van der Waals surface area contributed by atoms with Gasteiger partial charge in [0.25, 0.3) is 0 Å². The normalized spacial score (nSPS) is 11.8. The molecule has 0 radical (unpaired) electrons. The average Bonchev–Trinajstić information content (AvgIpc) is 1.59. The second-order valence-electron chi connectivity index (χ2n) is 26.0. The summed E-state index contributed by atoms with van der Waals surface area (Å²) in [5.74, 6) is 0. The van der Waals surface area contributed by atoms with Gasteiger partial charge in [0.2, 0.25) is 0 Å². The molecule has 5 heterocycles. The Morgan fingerprint density at radius 1 is 0.121 bits per heavy atom. The third-order valence-corrected chi connectivity index (χ3v) is 20.5. The Balaban J connectivity index is 0.000000134. The van der Waals surface area contributed by atoms with E-state index in [9.17, 15) is 0 Å². The third-order valence-electron chi connectivity index (χ3n) is 20.5. The molecule has 0 aliphatic rings. The predicted octanol–water partition coefficient (Wildman–Crippen LogP) is 25.0. The van der Waals surface area contributed by atoms with E-state index in [1.165, 1.54) is 176 Å². The molecule has 5 aromatic heterocycles. The third kappa shape index (κ3) is 9.09. The van der Waals surface area contributed by atoms with Crippen LogP contribution in [0.15, 0.2) is 370 Å². The number of hydrogen-bond donors (Lipinski definition) is 0. The Bertz CT molecular complexity index is 6740. The van der Waals surface area contributed by atoms with Gasteiger partial charge < -0.3 is 22.8 Å². The van der Waals surface area contributed by atoms with E-state index in [1.807, 2.05) is 0 Å². The largest absolute Gasteiger partial charge is 0.309 e. The summed E-state index contributed by atoms with van der Waals surface area (Å²) in [5, 5.41) is 15.1. The van der Waals surface area contributed by atoms with Crippen molar-refractivity contribution in [3.05, 3.63) is 370 Å². The summed E-state index contributed by atoms with van der Waals surface area (Å²) < 4.78 is 12.0. The van der Waals surface area contributed by atoms with Gasteiger partial charge in [-0.25, -0.2) is 0 Å². The van der Waals surface area contributed by atoms with E-state index in [1.54, 1.807) is 0 Å². The molecule has 5 nitrogen and oxygen atoms in total. The fourth-order valence-electron chi connectivity index (χ4n) is 16.0. The second kappa shape index (κ2) is 22.7. The van der Waals surface area contributed by atoms with Gasteiger partial charge in [0, 0.05) is 82.3 Å². The lowest BCUT2D eigenvalue weighted by Gasteiger charge is -2.12. The molecule has 0 saturated heterocycles. The number of para-hydroxylation sites is 7.